The van der Waals surface area contributed by atoms with Crippen molar-refractivity contribution in [1.82, 2.24) is 9.97 Å². The maximum Gasteiger partial charge on any atom is 0.223 e. The second kappa shape index (κ2) is 4.31. The summed E-state index contributed by atoms with van der Waals surface area (Å²) in [5.41, 5.74) is 0.329. The van der Waals surface area contributed by atoms with Gasteiger partial charge in [-0.15, -0.1) is 0 Å². The first-order valence-corrected chi connectivity index (χ1v) is 4.97. The van der Waals surface area contributed by atoms with Crippen molar-refractivity contribution in [2.45, 2.75) is 0 Å². The standard InChI is InChI=1S/C10H4Cl2F2N2/c11-6-3-5(1-2-7(6)13)9-8(14)4-15-10(12)16-9/h1-4H. The van der Waals surface area contributed by atoms with Crippen LogP contribution >= 0.6 is 23.2 Å². The molecule has 1 aromatic heterocycles. The van der Waals surface area contributed by atoms with Crippen molar-refractivity contribution >= 4 is 23.2 Å². The Morgan fingerprint density at radius 3 is 2.50 bits per heavy atom. The van der Waals surface area contributed by atoms with Crippen LogP contribution in [0.1, 0.15) is 0 Å². The highest BCUT2D eigenvalue weighted by Gasteiger charge is 2.10. The Morgan fingerprint density at radius 2 is 1.81 bits per heavy atom. The Bertz CT molecular complexity index is 546. The fourth-order valence-corrected chi connectivity index (χ4v) is 1.51. The fraction of sp³-hybridized carbons (Fsp3) is 0. The average molecular weight is 261 g/mol. The van der Waals surface area contributed by atoms with E-state index in [1.807, 2.05) is 0 Å². The molecule has 0 amide bonds. The van der Waals surface area contributed by atoms with Crippen LogP contribution in [-0.4, -0.2) is 9.97 Å². The quantitative estimate of drug-likeness (QED) is 0.731. The van der Waals surface area contributed by atoms with Gasteiger partial charge in [0.15, 0.2) is 5.82 Å². The van der Waals surface area contributed by atoms with Crippen molar-refractivity contribution in [1.29, 1.82) is 0 Å². The lowest BCUT2D eigenvalue weighted by Crippen LogP contribution is -1.93. The van der Waals surface area contributed by atoms with Crippen LogP contribution < -0.4 is 0 Å². The summed E-state index contributed by atoms with van der Waals surface area (Å²) in [5, 5.41) is -0.191. The molecule has 0 N–H and O–H groups in total. The molecule has 0 saturated heterocycles. The third-order valence-electron chi connectivity index (χ3n) is 1.91. The van der Waals surface area contributed by atoms with Crippen molar-refractivity contribution in [3.05, 3.63) is 46.3 Å². The van der Waals surface area contributed by atoms with Gasteiger partial charge in [0, 0.05) is 5.56 Å². The van der Waals surface area contributed by atoms with E-state index < -0.39 is 11.6 Å². The highest BCUT2D eigenvalue weighted by molar-refractivity contribution is 6.31. The molecule has 1 aromatic carbocycles. The fourth-order valence-electron chi connectivity index (χ4n) is 1.19. The monoisotopic (exact) mass is 260 g/mol. The molecule has 0 aliphatic carbocycles. The summed E-state index contributed by atoms with van der Waals surface area (Å²) in [7, 11) is 0. The van der Waals surface area contributed by atoms with E-state index in [0.29, 0.717) is 5.56 Å². The molecule has 0 aliphatic heterocycles. The number of benzene rings is 1. The molecular weight excluding hydrogens is 257 g/mol. The number of hydrogen-bond acceptors (Lipinski definition) is 2. The van der Waals surface area contributed by atoms with Crippen LogP contribution in [-0.2, 0) is 0 Å². The van der Waals surface area contributed by atoms with Crippen LogP contribution in [0.3, 0.4) is 0 Å². The van der Waals surface area contributed by atoms with Crippen LogP contribution in [0, 0.1) is 11.6 Å². The van der Waals surface area contributed by atoms with Gasteiger partial charge in [0.25, 0.3) is 0 Å². The second-order valence-electron chi connectivity index (χ2n) is 2.96. The van der Waals surface area contributed by atoms with E-state index in [9.17, 15) is 8.78 Å². The highest BCUT2D eigenvalue weighted by atomic mass is 35.5. The van der Waals surface area contributed by atoms with E-state index in [1.54, 1.807) is 0 Å². The van der Waals surface area contributed by atoms with Gasteiger partial charge in [-0.1, -0.05) is 11.6 Å². The summed E-state index contributed by atoms with van der Waals surface area (Å²) in [5.74, 6) is -1.22. The normalized spacial score (nSPS) is 10.5. The number of rotatable bonds is 1. The van der Waals surface area contributed by atoms with Crippen molar-refractivity contribution in [3.63, 3.8) is 0 Å². The van der Waals surface area contributed by atoms with E-state index >= 15 is 0 Å². The summed E-state index contributed by atoms with van der Waals surface area (Å²) < 4.78 is 26.3. The summed E-state index contributed by atoms with van der Waals surface area (Å²) in [4.78, 5) is 7.19. The lowest BCUT2D eigenvalue weighted by atomic mass is 10.1. The summed E-state index contributed by atoms with van der Waals surface area (Å²) in [6.45, 7) is 0. The zero-order chi connectivity index (χ0) is 11.7. The van der Waals surface area contributed by atoms with Gasteiger partial charge >= 0.3 is 0 Å². The highest BCUT2D eigenvalue weighted by Crippen LogP contribution is 2.25. The van der Waals surface area contributed by atoms with Crippen molar-refractivity contribution in [2.24, 2.45) is 0 Å². The number of nitrogens with zero attached hydrogens (tertiary/aromatic N) is 2. The van der Waals surface area contributed by atoms with E-state index in [4.69, 9.17) is 23.2 Å². The third kappa shape index (κ3) is 2.13. The molecule has 0 radical (unpaired) electrons. The molecule has 1 heterocycles. The largest absolute Gasteiger partial charge is 0.223 e. The SMILES string of the molecule is Fc1ccc(-c2nc(Cl)ncc2F)cc1Cl. The van der Waals surface area contributed by atoms with E-state index in [2.05, 4.69) is 9.97 Å². The van der Waals surface area contributed by atoms with Gasteiger partial charge in [0.2, 0.25) is 5.28 Å². The maximum atomic E-state index is 13.4. The molecule has 0 atom stereocenters. The molecule has 0 spiro atoms. The summed E-state index contributed by atoms with van der Waals surface area (Å²) in [6.07, 6.45) is 0.946. The molecule has 16 heavy (non-hydrogen) atoms. The van der Waals surface area contributed by atoms with E-state index in [1.165, 1.54) is 12.1 Å². The summed E-state index contributed by atoms with van der Waals surface area (Å²) in [6, 6.07) is 3.77. The van der Waals surface area contributed by atoms with Crippen LogP contribution in [0.4, 0.5) is 8.78 Å². The maximum absolute atomic E-state index is 13.4. The molecule has 82 valence electrons. The topological polar surface area (TPSA) is 25.8 Å². The van der Waals surface area contributed by atoms with Gasteiger partial charge in [-0.25, -0.2) is 18.7 Å². The minimum absolute atomic E-state index is 0.0121. The molecule has 0 bridgehead atoms. The Labute approximate surface area is 99.9 Å². The van der Waals surface area contributed by atoms with Gasteiger partial charge in [0.1, 0.15) is 11.5 Å². The molecule has 0 unspecified atom stereocenters. The number of aromatic nitrogens is 2. The van der Waals surface area contributed by atoms with Crippen molar-refractivity contribution < 1.29 is 8.78 Å². The van der Waals surface area contributed by atoms with Gasteiger partial charge in [-0.05, 0) is 29.8 Å². The minimum Gasteiger partial charge on any atom is -0.223 e. The number of hydrogen-bond donors (Lipinski definition) is 0. The Balaban J connectivity index is 2.58. The Morgan fingerprint density at radius 1 is 1.06 bits per heavy atom. The predicted octanol–water partition coefficient (Wildman–Crippen LogP) is 3.73. The van der Waals surface area contributed by atoms with Crippen LogP contribution in [0.15, 0.2) is 24.4 Å². The lowest BCUT2D eigenvalue weighted by molar-refractivity contribution is 0.616. The predicted molar refractivity (Wildman–Crippen MR) is 57.4 cm³/mol. The van der Waals surface area contributed by atoms with Gasteiger partial charge < -0.3 is 0 Å². The zero-order valence-corrected chi connectivity index (χ0v) is 9.23. The molecular formula is C10H4Cl2F2N2. The zero-order valence-electron chi connectivity index (χ0n) is 7.72. The van der Waals surface area contributed by atoms with Gasteiger partial charge in [-0.3, -0.25) is 0 Å². The van der Waals surface area contributed by atoms with Crippen LogP contribution in [0.25, 0.3) is 11.3 Å². The van der Waals surface area contributed by atoms with Crippen LogP contribution in [0.2, 0.25) is 10.3 Å². The van der Waals surface area contributed by atoms with E-state index in [-0.39, 0.29) is 16.0 Å². The van der Waals surface area contributed by atoms with Crippen molar-refractivity contribution in [2.75, 3.05) is 0 Å². The van der Waals surface area contributed by atoms with E-state index in [0.717, 1.165) is 12.3 Å². The molecule has 0 saturated carbocycles. The number of halogens is 4. The first-order valence-electron chi connectivity index (χ1n) is 4.21. The molecule has 0 fully saturated rings. The molecule has 2 aromatic rings. The molecule has 2 nitrogen and oxygen atoms in total. The Hall–Kier alpha value is -1.26. The smallest absolute Gasteiger partial charge is 0.223 e. The van der Waals surface area contributed by atoms with Crippen LogP contribution in [0.5, 0.6) is 0 Å². The minimum atomic E-state index is -0.646. The molecule has 0 aliphatic rings. The van der Waals surface area contributed by atoms with Crippen molar-refractivity contribution in [3.8, 4) is 11.3 Å². The molecule has 2 rings (SSSR count). The first-order chi connectivity index (χ1) is 7.58. The summed E-state index contributed by atoms with van der Waals surface area (Å²) >= 11 is 11.1. The second-order valence-corrected chi connectivity index (χ2v) is 3.71. The lowest BCUT2D eigenvalue weighted by Gasteiger charge is -2.03. The third-order valence-corrected chi connectivity index (χ3v) is 2.38. The molecule has 6 heteroatoms. The Kier molecular flexibility index (Phi) is 3.03. The van der Waals surface area contributed by atoms with Gasteiger partial charge in [-0.2, -0.15) is 0 Å². The van der Waals surface area contributed by atoms with Gasteiger partial charge in [0.05, 0.1) is 11.2 Å². The average Bonchev–Trinajstić information content (AvgIpc) is 2.26. The first kappa shape index (κ1) is 11.2.